The van der Waals surface area contributed by atoms with E-state index in [0.717, 1.165) is 18.2 Å². The first-order valence-corrected chi connectivity index (χ1v) is 10.8. The van der Waals surface area contributed by atoms with Gasteiger partial charge in [-0.3, -0.25) is 9.59 Å². The molecule has 0 unspecified atom stereocenters. The number of anilines is 1. The zero-order valence-corrected chi connectivity index (χ0v) is 16.4. The molecule has 29 heavy (non-hydrogen) atoms. The zero-order chi connectivity index (χ0) is 21.2. The van der Waals surface area contributed by atoms with Gasteiger partial charge >= 0.3 is 18.0 Å². The van der Waals surface area contributed by atoms with E-state index in [0.29, 0.717) is 38.8 Å². The van der Waals surface area contributed by atoms with E-state index in [-0.39, 0.29) is 23.4 Å². The number of nitrogens with zero attached hydrogens (tertiary/aromatic N) is 1. The summed E-state index contributed by atoms with van der Waals surface area (Å²) in [5.74, 6) is -1.97. The van der Waals surface area contributed by atoms with Gasteiger partial charge in [-0.1, -0.05) is 6.07 Å². The van der Waals surface area contributed by atoms with E-state index in [4.69, 9.17) is 0 Å². The van der Waals surface area contributed by atoms with Crippen LogP contribution >= 0.6 is 0 Å². The van der Waals surface area contributed by atoms with Gasteiger partial charge in [-0.15, -0.1) is 0 Å². The molecule has 1 aromatic rings. The molecule has 11 heteroatoms. The lowest BCUT2D eigenvalue weighted by Crippen LogP contribution is -2.44. The van der Waals surface area contributed by atoms with Crippen LogP contribution < -0.4 is 10.6 Å². The molecule has 1 saturated carbocycles. The highest BCUT2D eigenvalue weighted by Gasteiger charge is 2.41. The molecular weight excluding hydrogens is 411 g/mol. The van der Waals surface area contributed by atoms with Crippen molar-refractivity contribution in [3.8, 4) is 0 Å². The molecule has 1 saturated heterocycles. The van der Waals surface area contributed by atoms with Crippen molar-refractivity contribution in [2.45, 2.75) is 37.1 Å². The maximum Gasteiger partial charge on any atom is 0.416 e. The molecule has 0 aromatic heterocycles. The molecule has 0 spiro atoms. The first-order chi connectivity index (χ1) is 13.6. The van der Waals surface area contributed by atoms with Crippen molar-refractivity contribution >= 4 is 27.5 Å². The Morgan fingerprint density at radius 3 is 2.31 bits per heavy atom. The number of halogens is 3. The summed E-state index contributed by atoms with van der Waals surface area (Å²) in [6, 6.07) is 4.02. The van der Waals surface area contributed by atoms with Crippen LogP contribution in [0.2, 0.25) is 0 Å². The van der Waals surface area contributed by atoms with E-state index < -0.39 is 33.6 Å². The minimum atomic E-state index is -4.55. The van der Waals surface area contributed by atoms with Crippen LogP contribution in [0.3, 0.4) is 0 Å². The number of nitrogens with one attached hydrogen (secondary N) is 2. The molecule has 2 fully saturated rings. The molecular formula is C18H22F3N3O4S. The lowest BCUT2D eigenvalue weighted by Gasteiger charge is -2.31. The molecule has 160 valence electrons. The summed E-state index contributed by atoms with van der Waals surface area (Å²) in [6.45, 7) is 0.970. The number of hydrogen-bond acceptors (Lipinski definition) is 4. The summed E-state index contributed by atoms with van der Waals surface area (Å²) in [4.78, 5) is 23.9. The second-order valence-corrected chi connectivity index (χ2v) is 9.54. The predicted molar refractivity (Wildman–Crippen MR) is 99.3 cm³/mol. The van der Waals surface area contributed by atoms with Crippen LogP contribution in [0.5, 0.6) is 0 Å². The van der Waals surface area contributed by atoms with Gasteiger partial charge < -0.3 is 10.6 Å². The Hall–Kier alpha value is -2.14. The molecule has 1 aliphatic carbocycles. The van der Waals surface area contributed by atoms with E-state index in [1.54, 1.807) is 0 Å². The van der Waals surface area contributed by atoms with Gasteiger partial charge in [0.05, 0.1) is 10.8 Å². The molecule has 1 aliphatic heterocycles. The fraction of sp³-hybridized carbons (Fsp3) is 0.556. The first kappa shape index (κ1) is 21.6. The fourth-order valence-electron chi connectivity index (χ4n) is 3.22. The number of rotatable bonds is 5. The largest absolute Gasteiger partial charge is 0.416 e. The Morgan fingerprint density at radius 2 is 1.72 bits per heavy atom. The molecule has 2 aliphatic rings. The zero-order valence-electron chi connectivity index (χ0n) is 15.5. The van der Waals surface area contributed by atoms with Crippen LogP contribution in [-0.2, 0) is 25.8 Å². The predicted octanol–water partition coefficient (Wildman–Crippen LogP) is 1.96. The lowest BCUT2D eigenvalue weighted by molar-refractivity contribution is -0.137. The van der Waals surface area contributed by atoms with Crippen LogP contribution in [0.15, 0.2) is 24.3 Å². The normalized spacial score (nSPS) is 19.0. The maximum absolute atomic E-state index is 12.7. The molecule has 1 heterocycles. The molecule has 2 amide bonds. The monoisotopic (exact) mass is 433 g/mol. The van der Waals surface area contributed by atoms with Crippen LogP contribution in [0, 0.1) is 5.92 Å². The van der Waals surface area contributed by atoms with Crippen LogP contribution in [0.25, 0.3) is 0 Å². The van der Waals surface area contributed by atoms with Crippen molar-refractivity contribution in [3.63, 3.8) is 0 Å². The summed E-state index contributed by atoms with van der Waals surface area (Å²) in [5, 5.41) is 4.36. The maximum atomic E-state index is 12.7. The second kappa shape index (κ2) is 8.31. The van der Waals surface area contributed by atoms with Gasteiger partial charge in [-0.25, -0.2) is 12.7 Å². The van der Waals surface area contributed by atoms with E-state index >= 15 is 0 Å². The van der Waals surface area contributed by atoms with E-state index in [9.17, 15) is 31.2 Å². The van der Waals surface area contributed by atoms with Crippen LogP contribution in [0.1, 0.15) is 31.2 Å². The molecule has 7 nitrogen and oxygen atoms in total. The molecule has 0 bridgehead atoms. The summed E-state index contributed by atoms with van der Waals surface area (Å²) < 4.78 is 64.0. The quantitative estimate of drug-likeness (QED) is 0.694. The number of hydrogen-bond donors (Lipinski definition) is 2. The third kappa shape index (κ3) is 5.47. The number of carbonyl (C=O) groups is 2. The van der Waals surface area contributed by atoms with E-state index in [2.05, 4.69) is 10.6 Å². The minimum absolute atomic E-state index is 0.0333. The highest BCUT2D eigenvalue weighted by molar-refractivity contribution is 7.90. The summed E-state index contributed by atoms with van der Waals surface area (Å²) in [7, 11) is -3.20. The van der Waals surface area contributed by atoms with E-state index in [1.807, 2.05) is 0 Å². The van der Waals surface area contributed by atoms with Crippen molar-refractivity contribution in [1.29, 1.82) is 0 Å². The molecule has 2 N–H and O–H groups in total. The number of sulfonamides is 1. The van der Waals surface area contributed by atoms with Gasteiger partial charge in [0, 0.05) is 25.3 Å². The Balaban J connectivity index is 1.44. The SMILES string of the molecule is O=C(NCC1CCN(S(=O)(=O)C2CC2)CC1)C(=O)Nc1cccc(C(F)(F)F)c1. The van der Waals surface area contributed by atoms with Crippen molar-refractivity contribution < 1.29 is 31.2 Å². The smallest absolute Gasteiger partial charge is 0.348 e. The number of benzene rings is 1. The third-order valence-corrected chi connectivity index (χ3v) is 7.48. The Kier molecular flexibility index (Phi) is 6.18. The summed E-state index contributed by atoms with van der Waals surface area (Å²) in [6.07, 6.45) is -1.99. The number of carbonyl (C=O) groups excluding carboxylic acids is 2. The number of alkyl halides is 3. The third-order valence-electron chi connectivity index (χ3n) is 5.08. The van der Waals surface area contributed by atoms with Gasteiger partial charge in [-0.2, -0.15) is 13.2 Å². The second-order valence-electron chi connectivity index (χ2n) is 7.33. The first-order valence-electron chi connectivity index (χ1n) is 9.33. The summed E-state index contributed by atoms with van der Waals surface area (Å²) >= 11 is 0. The van der Waals surface area contributed by atoms with Crippen molar-refractivity contribution in [2.75, 3.05) is 25.0 Å². The number of piperidine rings is 1. The lowest BCUT2D eigenvalue weighted by atomic mass is 9.98. The summed E-state index contributed by atoms with van der Waals surface area (Å²) in [5.41, 5.74) is -1.05. The van der Waals surface area contributed by atoms with Gasteiger partial charge in [0.2, 0.25) is 10.0 Å². The highest BCUT2D eigenvalue weighted by Crippen LogP contribution is 2.33. The molecule has 1 aromatic carbocycles. The molecule has 3 rings (SSSR count). The highest BCUT2D eigenvalue weighted by atomic mass is 32.2. The van der Waals surface area contributed by atoms with Crippen molar-refractivity contribution in [3.05, 3.63) is 29.8 Å². The van der Waals surface area contributed by atoms with Crippen molar-refractivity contribution in [1.82, 2.24) is 9.62 Å². The topological polar surface area (TPSA) is 95.6 Å². The van der Waals surface area contributed by atoms with E-state index in [1.165, 1.54) is 10.4 Å². The average molecular weight is 433 g/mol. The standard InChI is InChI=1S/C18H22F3N3O4S/c19-18(20,21)13-2-1-3-14(10-13)23-17(26)16(25)22-11-12-6-8-24(9-7-12)29(27,28)15-4-5-15/h1-3,10,12,15H,4-9,11H2,(H,22,25)(H,23,26). The molecule has 0 atom stereocenters. The Morgan fingerprint density at radius 1 is 1.07 bits per heavy atom. The van der Waals surface area contributed by atoms with Gasteiger partial charge in [0.25, 0.3) is 0 Å². The number of amides is 2. The Bertz CT molecular complexity index is 877. The van der Waals surface area contributed by atoms with Crippen molar-refractivity contribution in [2.24, 2.45) is 5.92 Å². The fourth-order valence-corrected chi connectivity index (χ4v) is 5.10. The van der Waals surface area contributed by atoms with Gasteiger partial charge in [-0.05, 0) is 49.8 Å². The van der Waals surface area contributed by atoms with Crippen LogP contribution in [-0.4, -0.2) is 49.4 Å². The Labute approximate surface area is 166 Å². The van der Waals surface area contributed by atoms with Gasteiger partial charge in [0.15, 0.2) is 0 Å². The minimum Gasteiger partial charge on any atom is -0.348 e. The van der Waals surface area contributed by atoms with Gasteiger partial charge in [0.1, 0.15) is 0 Å². The van der Waals surface area contributed by atoms with Crippen LogP contribution in [0.4, 0.5) is 18.9 Å². The molecule has 0 radical (unpaired) electrons. The average Bonchev–Trinajstić information content (AvgIpc) is 3.52.